The fraction of sp³-hybridized carbons (Fsp3) is 0.364. The van der Waals surface area contributed by atoms with Crippen LogP contribution in [0.1, 0.15) is 10.4 Å². The molecule has 1 saturated heterocycles. The van der Waals surface area contributed by atoms with Crippen molar-refractivity contribution >= 4 is 15.6 Å². The first-order valence-corrected chi connectivity index (χ1v) is 6.86. The molecule has 0 unspecified atom stereocenters. The van der Waals surface area contributed by atoms with Gasteiger partial charge in [-0.3, -0.25) is 4.79 Å². The maximum Gasteiger partial charge on any atom is 0.188 e. The summed E-state index contributed by atoms with van der Waals surface area (Å²) in [5.74, 6) is -1.37. The Balaban J connectivity index is 2.38. The van der Waals surface area contributed by atoms with Gasteiger partial charge in [-0.05, 0) is 18.2 Å². The predicted octanol–water partition coefficient (Wildman–Crippen LogP) is 0.140. The van der Waals surface area contributed by atoms with Gasteiger partial charge in [0.25, 0.3) is 0 Å². The lowest BCUT2D eigenvalue weighted by atomic mass is 10.1. The normalized spacial score (nSPS) is 16.3. The van der Waals surface area contributed by atoms with Gasteiger partial charge in [0, 0.05) is 5.56 Å². The third kappa shape index (κ3) is 2.16. The van der Waals surface area contributed by atoms with Crippen molar-refractivity contribution in [3.63, 3.8) is 0 Å². The Morgan fingerprint density at radius 1 is 1.44 bits per heavy atom. The second kappa shape index (κ2) is 4.75. The Kier molecular flexibility index (Phi) is 3.47. The van der Waals surface area contributed by atoms with Crippen molar-refractivity contribution < 1.29 is 22.3 Å². The van der Waals surface area contributed by atoms with Crippen molar-refractivity contribution in [2.75, 3.05) is 19.8 Å². The molecule has 2 rings (SSSR count). The molecular weight excluding hydrogens is 261 g/mol. The van der Waals surface area contributed by atoms with Crippen LogP contribution in [0.5, 0.6) is 0 Å². The first-order valence-electron chi connectivity index (χ1n) is 5.31. The molecule has 0 atom stereocenters. The molecule has 1 aliphatic rings. The molecule has 98 valence electrons. The predicted molar refractivity (Wildman–Crippen MR) is 61.6 cm³/mol. The van der Waals surface area contributed by atoms with Crippen LogP contribution in [0.4, 0.5) is 4.39 Å². The van der Waals surface area contributed by atoms with Gasteiger partial charge in [0.05, 0.1) is 19.8 Å². The number of ether oxygens (including phenoxy) is 1. The number of benzene rings is 1. The van der Waals surface area contributed by atoms with E-state index in [1.54, 1.807) is 0 Å². The fourth-order valence-electron chi connectivity index (χ4n) is 1.60. The molecule has 1 aromatic carbocycles. The minimum Gasteiger partial charge on any atom is -0.379 e. The second-order valence-corrected chi connectivity index (χ2v) is 6.17. The highest BCUT2D eigenvalue weighted by Crippen LogP contribution is 2.24. The van der Waals surface area contributed by atoms with Crippen LogP contribution in [-0.4, -0.2) is 39.2 Å². The van der Waals surface area contributed by atoms with E-state index in [9.17, 15) is 17.6 Å². The summed E-state index contributed by atoms with van der Waals surface area (Å²) in [6, 6.07) is 3.28. The largest absolute Gasteiger partial charge is 0.379 e. The third-order valence-electron chi connectivity index (χ3n) is 2.79. The summed E-state index contributed by atoms with van der Waals surface area (Å²) in [5, 5.41) is -0.705. The molecule has 0 saturated carbocycles. The van der Waals surface area contributed by atoms with Gasteiger partial charge in [-0.25, -0.2) is 12.8 Å². The van der Waals surface area contributed by atoms with Crippen LogP contribution in [0, 0.1) is 5.82 Å². The summed E-state index contributed by atoms with van der Waals surface area (Å²) in [6.07, 6.45) is 0. The first-order chi connectivity index (χ1) is 8.46. The van der Waals surface area contributed by atoms with E-state index in [-0.39, 0.29) is 25.3 Å². The SMILES string of the molecule is NCC(=O)c1ccc(S(=O)(=O)C2COC2)c(F)c1. The molecule has 0 bridgehead atoms. The number of rotatable bonds is 4. The van der Waals surface area contributed by atoms with Crippen LogP contribution in [0.15, 0.2) is 23.1 Å². The van der Waals surface area contributed by atoms with E-state index in [2.05, 4.69) is 0 Å². The van der Waals surface area contributed by atoms with Crippen LogP contribution in [0.3, 0.4) is 0 Å². The quantitative estimate of drug-likeness (QED) is 0.788. The van der Waals surface area contributed by atoms with E-state index in [0.717, 1.165) is 12.1 Å². The Labute approximate surface area is 104 Å². The van der Waals surface area contributed by atoms with E-state index >= 15 is 0 Å². The van der Waals surface area contributed by atoms with Crippen molar-refractivity contribution in [1.29, 1.82) is 0 Å². The van der Waals surface area contributed by atoms with Crippen molar-refractivity contribution in [2.24, 2.45) is 5.73 Å². The molecule has 2 N–H and O–H groups in total. The Bertz CT molecular complexity index is 581. The second-order valence-electron chi connectivity index (χ2n) is 3.98. The lowest BCUT2D eigenvalue weighted by Crippen LogP contribution is -2.41. The average molecular weight is 273 g/mol. The molecule has 0 amide bonds. The standard InChI is InChI=1S/C11H12FNO4S/c12-9-3-7(10(14)4-13)1-2-11(9)18(15,16)8-5-17-6-8/h1-3,8H,4-6,13H2. The Morgan fingerprint density at radius 2 is 2.11 bits per heavy atom. The van der Waals surface area contributed by atoms with E-state index in [4.69, 9.17) is 10.5 Å². The van der Waals surface area contributed by atoms with Crippen molar-refractivity contribution in [1.82, 2.24) is 0 Å². The number of carbonyl (C=O) groups is 1. The van der Waals surface area contributed by atoms with Gasteiger partial charge < -0.3 is 10.5 Å². The number of hydrogen-bond donors (Lipinski definition) is 1. The zero-order valence-electron chi connectivity index (χ0n) is 9.43. The minimum atomic E-state index is -3.72. The molecule has 1 fully saturated rings. The van der Waals surface area contributed by atoms with Crippen LogP contribution in [-0.2, 0) is 14.6 Å². The first kappa shape index (κ1) is 13.1. The summed E-state index contributed by atoms with van der Waals surface area (Å²) < 4.78 is 42.5. The van der Waals surface area contributed by atoms with Crippen molar-refractivity contribution in [3.8, 4) is 0 Å². The third-order valence-corrected chi connectivity index (χ3v) is 4.89. The molecule has 0 aromatic heterocycles. The molecule has 1 heterocycles. The summed E-state index contributed by atoms with van der Waals surface area (Å²) in [6.45, 7) is -0.0987. The van der Waals surface area contributed by atoms with Crippen LogP contribution >= 0.6 is 0 Å². The average Bonchev–Trinajstić information content (AvgIpc) is 2.24. The summed E-state index contributed by atoms with van der Waals surface area (Å²) in [5.41, 5.74) is 5.22. The number of halogens is 1. The number of nitrogens with two attached hydrogens (primary N) is 1. The molecule has 0 radical (unpaired) electrons. The zero-order chi connectivity index (χ0) is 13.3. The summed E-state index contributed by atoms with van der Waals surface area (Å²) in [7, 11) is -3.72. The maximum absolute atomic E-state index is 13.8. The van der Waals surface area contributed by atoms with Gasteiger partial charge >= 0.3 is 0 Å². The molecule has 7 heteroatoms. The van der Waals surface area contributed by atoms with Crippen molar-refractivity contribution in [3.05, 3.63) is 29.6 Å². The van der Waals surface area contributed by atoms with Gasteiger partial charge in [0.1, 0.15) is 16.0 Å². The molecule has 0 spiro atoms. The lowest BCUT2D eigenvalue weighted by Gasteiger charge is -2.25. The van der Waals surface area contributed by atoms with E-state index in [0.29, 0.717) is 0 Å². The zero-order valence-corrected chi connectivity index (χ0v) is 10.2. The monoisotopic (exact) mass is 273 g/mol. The van der Waals surface area contributed by atoms with Crippen LogP contribution in [0.25, 0.3) is 0 Å². The highest BCUT2D eigenvalue weighted by Gasteiger charge is 2.35. The van der Waals surface area contributed by atoms with Gasteiger partial charge in [-0.2, -0.15) is 0 Å². The van der Waals surface area contributed by atoms with Gasteiger partial charge in [0.15, 0.2) is 15.6 Å². The lowest BCUT2D eigenvalue weighted by molar-refractivity contribution is 0.0415. The number of carbonyl (C=O) groups excluding carboxylic acids is 1. The van der Waals surface area contributed by atoms with Crippen molar-refractivity contribution in [2.45, 2.75) is 10.1 Å². The van der Waals surface area contributed by atoms with Gasteiger partial charge in [-0.15, -0.1) is 0 Å². The Hall–Kier alpha value is -1.31. The smallest absolute Gasteiger partial charge is 0.188 e. The maximum atomic E-state index is 13.8. The highest BCUT2D eigenvalue weighted by atomic mass is 32.2. The number of sulfone groups is 1. The molecular formula is C11H12FNO4S. The molecule has 5 nitrogen and oxygen atoms in total. The number of ketones is 1. The molecule has 1 aliphatic heterocycles. The fourth-order valence-corrected chi connectivity index (χ4v) is 3.09. The minimum absolute atomic E-state index is 0.0683. The van der Waals surface area contributed by atoms with E-state index in [1.165, 1.54) is 6.07 Å². The molecule has 0 aliphatic carbocycles. The van der Waals surface area contributed by atoms with Crippen LogP contribution < -0.4 is 5.73 Å². The Morgan fingerprint density at radius 3 is 2.56 bits per heavy atom. The molecule has 18 heavy (non-hydrogen) atoms. The summed E-state index contributed by atoms with van der Waals surface area (Å²) >= 11 is 0. The molecule has 1 aromatic rings. The summed E-state index contributed by atoms with van der Waals surface area (Å²) in [4.78, 5) is 10.9. The number of hydrogen-bond acceptors (Lipinski definition) is 5. The van der Waals surface area contributed by atoms with E-state index in [1.807, 2.05) is 0 Å². The van der Waals surface area contributed by atoms with Gasteiger partial charge in [-0.1, -0.05) is 0 Å². The van der Waals surface area contributed by atoms with E-state index < -0.39 is 31.6 Å². The van der Waals surface area contributed by atoms with Gasteiger partial charge in [0.2, 0.25) is 0 Å². The van der Waals surface area contributed by atoms with Crippen LogP contribution in [0.2, 0.25) is 0 Å². The highest BCUT2D eigenvalue weighted by molar-refractivity contribution is 7.92. The topological polar surface area (TPSA) is 86.5 Å². The number of Topliss-reactive ketones (excluding diaryl/α,β-unsaturated/α-hetero) is 1.